The summed E-state index contributed by atoms with van der Waals surface area (Å²) in [5.74, 6) is 0.0771. The van der Waals surface area contributed by atoms with Crippen LogP contribution in [0.4, 0.5) is 11.4 Å². The van der Waals surface area contributed by atoms with Gasteiger partial charge in [0.1, 0.15) is 0 Å². The lowest BCUT2D eigenvalue weighted by Gasteiger charge is -2.21. The van der Waals surface area contributed by atoms with Gasteiger partial charge in [-0.25, -0.2) is 0 Å². The Morgan fingerprint density at radius 2 is 0.966 bits per heavy atom. The summed E-state index contributed by atoms with van der Waals surface area (Å²) in [4.78, 5) is 24.6. The van der Waals surface area contributed by atoms with Gasteiger partial charge in [-0.2, -0.15) is 0 Å². The zero-order valence-electron chi connectivity index (χ0n) is 18.6. The Hall–Kier alpha value is -2.62. The van der Waals surface area contributed by atoms with Gasteiger partial charge in [0.15, 0.2) is 0 Å². The largest absolute Gasteiger partial charge is 0.326 e. The van der Waals surface area contributed by atoms with E-state index in [9.17, 15) is 9.59 Å². The predicted octanol–water partition coefficient (Wildman–Crippen LogP) is 6.03. The predicted molar refractivity (Wildman–Crippen MR) is 121 cm³/mol. The summed E-state index contributed by atoms with van der Waals surface area (Å²) < 4.78 is 0. The average Bonchev–Trinajstić information content (AvgIpc) is 2.70. The van der Waals surface area contributed by atoms with Crippen LogP contribution in [0.5, 0.6) is 0 Å². The third kappa shape index (κ3) is 6.18. The van der Waals surface area contributed by atoms with Gasteiger partial charge in [-0.1, -0.05) is 65.8 Å². The maximum absolute atomic E-state index is 12.3. The molecule has 0 saturated heterocycles. The van der Waals surface area contributed by atoms with Crippen molar-refractivity contribution >= 4 is 23.2 Å². The van der Waals surface area contributed by atoms with E-state index in [-0.39, 0.29) is 22.6 Å². The standard InChI is InChI=1S/C25H34N2O2/c1-7-24(3,4)22(28)26-20-13-9-18(10-14-20)17-19-11-15-21(16-12-19)27-23(29)25(5,6)8-2/h9-16H,7-8,17H2,1-6H3,(H,26,28)(H,27,29). The third-order valence-corrected chi connectivity index (χ3v) is 5.83. The van der Waals surface area contributed by atoms with Gasteiger partial charge in [0.05, 0.1) is 0 Å². The van der Waals surface area contributed by atoms with Crippen LogP contribution in [0.1, 0.15) is 65.5 Å². The maximum atomic E-state index is 12.3. The Morgan fingerprint density at radius 3 is 1.24 bits per heavy atom. The fourth-order valence-electron chi connectivity index (χ4n) is 2.57. The SMILES string of the molecule is CCC(C)(C)C(=O)Nc1ccc(Cc2ccc(NC(=O)C(C)(C)CC)cc2)cc1. The Balaban J connectivity index is 1.97. The second-order valence-electron chi connectivity index (χ2n) is 8.95. The molecule has 0 unspecified atom stereocenters. The molecule has 0 radical (unpaired) electrons. The van der Waals surface area contributed by atoms with Gasteiger partial charge in [-0.05, 0) is 54.7 Å². The fraction of sp³-hybridized carbons (Fsp3) is 0.440. The molecule has 0 spiro atoms. The third-order valence-electron chi connectivity index (χ3n) is 5.83. The van der Waals surface area contributed by atoms with Crippen LogP contribution in [0, 0.1) is 10.8 Å². The van der Waals surface area contributed by atoms with E-state index in [0.717, 1.165) is 30.6 Å². The van der Waals surface area contributed by atoms with Crippen LogP contribution >= 0.6 is 0 Å². The van der Waals surface area contributed by atoms with Crippen molar-refractivity contribution < 1.29 is 9.59 Å². The number of carbonyl (C=O) groups is 2. The van der Waals surface area contributed by atoms with Crippen molar-refractivity contribution in [3.8, 4) is 0 Å². The highest BCUT2D eigenvalue weighted by atomic mass is 16.2. The minimum absolute atomic E-state index is 0.0386. The molecule has 0 aliphatic carbocycles. The summed E-state index contributed by atoms with van der Waals surface area (Å²) in [6, 6.07) is 15.9. The lowest BCUT2D eigenvalue weighted by atomic mass is 9.89. The molecule has 29 heavy (non-hydrogen) atoms. The van der Waals surface area contributed by atoms with Crippen LogP contribution in [-0.2, 0) is 16.0 Å². The summed E-state index contributed by atoms with van der Waals surface area (Å²) in [5.41, 5.74) is 3.22. The van der Waals surface area contributed by atoms with E-state index in [4.69, 9.17) is 0 Å². The molecule has 0 bridgehead atoms. The van der Waals surface area contributed by atoms with Crippen LogP contribution in [0.15, 0.2) is 48.5 Å². The molecule has 0 aromatic heterocycles. The minimum atomic E-state index is -0.373. The van der Waals surface area contributed by atoms with Gasteiger partial charge in [0.2, 0.25) is 11.8 Å². The van der Waals surface area contributed by atoms with Gasteiger partial charge < -0.3 is 10.6 Å². The molecule has 2 aromatic rings. The number of nitrogens with one attached hydrogen (secondary N) is 2. The molecular weight excluding hydrogens is 360 g/mol. The Labute approximate surface area is 175 Å². The van der Waals surface area contributed by atoms with E-state index in [1.807, 2.05) is 90.1 Å². The molecule has 2 aromatic carbocycles. The van der Waals surface area contributed by atoms with E-state index >= 15 is 0 Å². The van der Waals surface area contributed by atoms with E-state index in [1.165, 1.54) is 11.1 Å². The number of benzene rings is 2. The van der Waals surface area contributed by atoms with Gasteiger partial charge in [0, 0.05) is 22.2 Å². The molecule has 0 fully saturated rings. The lowest BCUT2D eigenvalue weighted by Crippen LogP contribution is -2.29. The van der Waals surface area contributed by atoms with Crippen molar-refractivity contribution in [1.29, 1.82) is 0 Å². The fourth-order valence-corrected chi connectivity index (χ4v) is 2.57. The first-order valence-electron chi connectivity index (χ1n) is 10.4. The maximum Gasteiger partial charge on any atom is 0.230 e. The Bertz CT molecular complexity index is 763. The van der Waals surface area contributed by atoms with E-state index in [1.54, 1.807) is 0 Å². The first-order chi connectivity index (χ1) is 13.6. The summed E-state index contributed by atoms with van der Waals surface area (Å²) in [6.07, 6.45) is 2.38. The summed E-state index contributed by atoms with van der Waals surface area (Å²) in [7, 11) is 0. The van der Waals surface area contributed by atoms with Crippen LogP contribution in [-0.4, -0.2) is 11.8 Å². The molecule has 2 amide bonds. The van der Waals surface area contributed by atoms with Crippen LogP contribution in [0.3, 0.4) is 0 Å². The number of anilines is 2. The van der Waals surface area contributed by atoms with E-state index in [0.29, 0.717) is 0 Å². The Kier molecular flexibility index (Phi) is 7.23. The van der Waals surface area contributed by atoms with Crippen molar-refractivity contribution in [3.05, 3.63) is 59.7 Å². The summed E-state index contributed by atoms with van der Waals surface area (Å²) in [5, 5.41) is 5.98. The summed E-state index contributed by atoms with van der Waals surface area (Å²) >= 11 is 0. The van der Waals surface area contributed by atoms with Gasteiger partial charge in [-0.15, -0.1) is 0 Å². The smallest absolute Gasteiger partial charge is 0.230 e. The van der Waals surface area contributed by atoms with E-state index in [2.05, 4.69) is 10.6 Å². The minimum Gasteiger partial charge on any atom is -0.326 e. The number of rotatable bonds is 8. The van der Waals surface area contributed by atoms with Crippen molar-refractivity contribution in [3.63, 3.8) is 0 Å². The first-order valence-corrected chi connectivity index (χ1v) is 10.4. The molecule has 4 nitrogen and oxygen atoms in total. The average molecular weight is 395 g/mol. The highest BCUT2D eigenvalue weighted by Crippen LogP contribution is 2.24. The zero-order valence-corrected chi connectivity index (χ0v) is 18.6. The Morgan fingerprint density at radius 1 is 0.655 bits per heavy atom. The number of hydrogen-bond donors (Lipinski definition) is 2. The monoisotopic (exact) mass is 394 g/mol. The molecule has 0 atom stereocenters. The highest BCUT2D eigenvalue weighted by Gasteiger charge is 2.25. The quantitative estimate of drug-likeness (QED) is 0.574. The van der Waals surface area contributed by atoms with Gasteiger partial charge in [0.25, 0.3) is 0 Å². The van der Waals surface area contributed by atoms with Crippen molar-refractivity contribution in [2.75, 3.05) is 10.6 Å². The second-order valence-corrected chi connectivity index (χ2v) is 8.95. The molecule has 0 aliphatic heterocycles. The molecule has 0 saturated carbocycles. The van der Waals surface area contributed by atoms with Crippen molar-refractivity contribution in [1.82, 2.24) is 0 Å². The van der Waals surface area contributed by atoms with Crippen LogP contribution in [0.25, 0.3) is 0 Å². The van der Waals surface area contributed by atoms with Gasteiger partial charge >= 0.3 is 0 Å². The van der Waals surface area contributed by atoms with Crippen molar-refractivity contribution in [2.45, 2.75) is 60.8 Å². The molecule has 2 rings (SSSR count). The molecule has 4 heteroatoms. The number of carbonyl (C=O) groups excluding carboxylic acids is 2. The van der Waals surface area contributed by atoms with Crippen LogP contribution in [0.2, 0.25) is 0 Å². The highest BCUT2D eigenvalue weighted by molar-refractivity contribution is 5.95. The number of hydrogen-bond acceptors (Lipinski definition) is 2. The lowest BCUT2D eigenvalue weighted by molar-refractivity contribution is -0.124. The molecular formula is C25H34N2O2. The zero-order chi connectivity index (χ0) is 21.7. The van der Waals surface area contributed by atoms with Gasteiger partial charge in [-0.3, -0.25) is 9.59 Å². The molecule has 0 aliphatic rings. The second kappa shape index (κ2) is 9.25. The van der Waals surface area contributed by atoms with Crippen molar-refractivity contribution in [2.24, 2.45) is 10.8 Å². The molecule has 156 valence electrons. The normalized spacial score (nSPS) is 11.8. The number of amides is 2. The molecule has 0 heterocycles. The first kappa shape index (κ1) is 22.7. The molecule has 2 N–H and O–H groups in total. The van der Waals surface area contributed by atoms with E-state index < -0.39 is 0 Å². The summed E-state index contributed by atoms with van der Waals surface area (Å²) in [6.45, 7) is 11.8. The van der Waals surface area contributed by atoms with Crippen LogP contribution < -0.4 is 10.6 Å². The topological polar surface area (TPSA) is 58.2 Å².